The SMILES string of the molecule is CCOc1n[nH]c(N2CCNC(C)C2)n1. The number of ether oxygens (including phenoxy) is 1. The molecular weight excluding hydrogens is 194 g/mol. The smallest absolute Gasteiger partial charge is 0.337 e. The Labute approximate surface area is 89.0 Å². The van der Waals surface area contributed by atoms with E-state index in [1.165, 1.54) is 0 Å². The summed E-state index contributed by atoms with van der Waals surface area (Å²) < 4.78 is 5.21. The first-order chi connectivity index (χ1) is 7.29. The number of anilines is 1. The molecule has 1 aliphatic rings. The van der Waals surface area contributed by atoms with E-state index in [2.05, 4.69) is 32.3 Å². The van der Waals surface area contributed by atoms with E-state index in [0.717, 1.165) is 25.6 Å². The van der Waals surface area contributed by atoms with Gasteiger partial charge in [0.2, 0.25) is 5.95 Å². The predicted molar refractivity (Wildman–Crippen MR) is 57.2 cm³/mol. The number of hydrogen-bond donors (Lipinski definition) is 2. The van der Waals surface area contributed by atoms with E-state index in [1.54, 1.807) is 0 Å². The first kappa shape index (κ1) is 10.2. The van der Waals surface area contributed by atoms with E-state index >= 15 is 0 Å². The monoisotopic (exact) mass is 211 g/mol. The lowest BCUT2D eigenvalue weighted by molar-refractivity contribution is 0.314. The van der Waals surface area contributed by atoms with Crippen molar-refractivity contribution in [1.82, 2.24) is 20.5 Å². The molecule has 1 unspecified atom stereocenters. The maximum absolute atomic E-state index is 5.21. The summed E-state index contributed by atoms with van der Waals surface area (Å²) in [5, 5.41) is 10.3. The number of nitrogens with zero attached hydrogens (tertiary/aromatic N) is 3. The van der Waals surface area contributed by atoms with Crippen LogP contribution in [0.3, 0.4) is 0 Å². The predicted octanol–water partition coefficient (Wildman–Crippen LogP) is 0.00150. The number of rotatable bonds is 3. The molecule has 0 saturated carbocycles. The first-order valence-electron chi connectivity index (χ1n) is 5.33. The molecule has 2 N–H and O–H groups in total. The Morgan fingerprint density at radius 3 is 3.20 bits per heavy atom. The summed E-state index contributed by atoms with van der Waals surface area (Å²) in [6.45, 7) is 7.54. The van der Waals surface area contributed by atoms with Gasteiger partial charge in [0.25, 0.3) is 0 Å². The zero-order valence-electron chi connectivity index (χ0n) is 9.16. The van der Waals surface area contributed by atoms with Gasteiger partial charge in [-0.15, -0.1) is 5.10 Å². The molecule has 1 atom stereocenters. The van der Waals surface area contributed by atoms with Gasteiger partial charge in [-0.2, -0.15) is 4.98 Å². The van der Waals surface area contributed by atoms with Crippen LogP contribution in [0, 0.1) is 0 Å². The van der Waals surface area contributed by atoms with Gasteiger partial charge in [0.05, 0.1) is 6.61 Å². The zero-order chi connectivity index (χ0) is 10.7. The lowest BCUT2D eigenvalue weighted by atomic mass is 10.2. The molecule has 6 heteroatoms. The van der Waals surface area contributed by atoms with E-state index in [-0.39, 0.29) is 0 Å². The third-order valence-corrected chi connectivity index (χ3v) is 2.39. The van der Waals surface area contributed by atoms with Crippen molar-refractivity contribution in [2.24, 2.45) is 0 Å². The summed E-state index contributed by atoms with van der Waals surface area (Å²) in [6, 6.07) is 0.915. The normalized spacial score (nSPS) is 21.7. The van der Waals surface area contributed by atoms with Crippen molar-refractivity contribution in [2.75, 3.05) is 31.1 Å². The fourth-order valence-corrected chi connectivity index (χ4v) is 1.70. The molecule has 1 fully saturated rings. The fraction of sp³-hybridized carbons (Fsp3) is 0.778. The minimum atomic E-state index is 0.429. The van der Waals surface area contributed by atoms with Crippen LogP contribution in [-0.2, 0) is 0 Å². The Morgan fingerprint density at radius 1 is 1.60 bits per heavy atom. The number of nitrogens with one attached hydrogen (secondary N) is 2. The minimum absolute atomic E-state index is 0.429. The van der Waals surface area contributed by atoms with Crippen molar-refractivity contribution in [3.05, 3.63) is 0 Å². The molecule has 0 aromatic carbocycles. The van der Waals surface area contributed by atoms with Gasteiger partial charge in [0.1, 0.15) is 0 Å². The summed E-state index contributed by atoms with van der Waals surface area (Å²) in [7, 11) is 0. The third-order valence-electron chi connectivity index (χ3n) is 2.39. The van der Waals surface area contributed by atoms with E-state index in [9.17, 15) is 0 Å². The largest absolute Gasteiger partial charge is 0.463 e. The highest BCUT2D eigenvalue weighted by molar-refractivity contribution is 5.31. The summed E-state index contributed by atoms with van der Waals surface area (Å²) in [6.07, 6.45) is 0. The molecule has 2 heterocycles. The molecule has 1 aromatic heterocycles. The van der Waals surface area contributed by atoms with Gasteiger partial charge in [0.15, 0.2) is 0 Å². The molecule has 0 bridgehead atoms. The number of aromatic amines is 1. The van der Waals surface area contributed by atoms with E-state index in [4.69, 9.17) is 4.74 Å². The second-order valence-electron chi connectivity index (χ2n) is 3.68. The van der Waals surface area contributed by atoms with Gasteiger partial charge in [-0.3, -0.25) is 0 Å². The molecule has 2 rings (SSSR count). The van der Waals surface area contributed by atoms with Crippen LogP contribution < -0.4 is 15.0 Å². The molecule has 1 saturated heterocycles. The Balaban J connectivity index is 2.01. The van der Waals surface area contributed by atoms with Crippen molar-refractivity contribution in [2.45, 2.75) is 19.9 Å². The fourth-order valence-electron chi connectivity index (χ4n) is 1.70. The lowest BCUT2D eigenvalue weighted by Crippen LogP contribution is -2.49. The highest BCUT2D eigenvalue weighted by Gasteiger charge is 2.18. The Morgan fingerprint density at radius 2 is 2.47 bits per heavy atom. The van der Waals surface area contributed by atoms with Gasteiger partial charge in [-0.1, -0.05) is 0 Å². The van der Waals surface area contributed by atoms with Crippen LogP contribution in [0.25, 0.3) is 0 Å². The molecule has 0 radical (unpaired) electrons. The molecule has 15 heavy (non-hydrogen) atoms. The van der Waals surface area contributed by atoms with E-state index < -0.39 is 0 Å². The average Bonchev–Trinajstić information content (AvgIpc) is 2.67. The number of aromatic nitrogens is 3. The molecule has 84 valence electrons. The average molecular weight is 211 g/mol. The molecular formula is C9H17N5O. The Kier molecular flexibility index (Phi) is 3.05. The standard InChI is InChI=1S/C9H17N5O/c1-3-15-9-11-8(12-13-9)14-5-4-10-7(2)6-14/h7,10H,3-6H2,1-2H3,(H,11,12,13). The van der Waals surface area contributed by atoms with Gasteiger partial charge < -0.3 is 15.0 Å². The van der Waals surface area contributed by atoms with Crippen LogP contribution >= 0.6 is 0 Å². The first-order valence-corrected chi connectivity index (χ1v) is 5.33. The molecule has 6 nitrogen and oxygen atoms in total. The Hall–Kier alpha value is -1.30. The number of piperazine rings is 1. The maximum atomic E-state index is 5.21. The van der Waals surface area contributed by atoms with Gasteiger partial charge in [0, 0.05) is 25.7 Å². The van der Waals surface area contributed by atoms with Gasteiger partial charge in [-0.05, 0) is 13.8 Å². The molecule has 0 amide bonds. The minimum Gasteiger partial charge on any atom is -0.463 e. The lowest BCUT2D eigenvalue weighted by Gasteiger charge is -2.31. The zero-order valence-corrected chi connectivity index (χ0v) is 9.16. The summed E-state index contributed by atoms with van der Waals surface area (Å²) in [5.41, 5.74) is 0. The summed E-state index contributed by atoms with van der Waals surface area (Å²) >= 11 is 0. The molecule has 0 aliphatic carbocycles. The van der Waals surface area contributed by atoms with Crippen LogP contribution in [-0.4, -0.2) is 47.5 Å². The van der Waals surface area contributed by atoms with Crippen LogP contribution in [0.15, 0.2) is 0 Å². The summed E-state index contributed by atoms with van der Waals surface area (Å²) in [5.74, 6) is 0.798. The van der Waals surface area contributed by atoms with Crippen molar-refractivity contribution in [3.8, 4) is 6.01 Å². The molecule has 0 spiro atoms. The topological polar surface area (TPSA) is 66.1 Å². The van der Waals surface area contributed by atoms with Crippen molar-refractivity contribution >= 4 is 5.95 Å². The third kappa shape index (κ3) is 2.38. The van der Waals surface area contributed by atoms with Crippen LogP contribution in [0.4, 0.5) is 5.95 Å². The van der Waals surface area contributed by atoms with Crippen molar-refractivity contribution in [3.63, 3.8) is 0 Å². The maximum Gasteiger partial charge on any atom is 0.337 e. The van der Waals surface area contributed by atoms with Crippen LogP contribution in [0.1, 0.15) is 13.8 Å². The highest BCUT2D eigenvalue weighted by Crippen LogP contribution is 2.12. The second kappa shape index (κ2) is 4.48. The van der Waals surface area contributed by atoms with Gasteiger partial charge in [-0.25, -0.2) is 5.10 Å². The quantitative estimate of drug-likeness (QED) is 0.736. The second-order valence-corrected chi connectivity index (χ2v) is 3.68. The highest BCUT2D eigenvalue weighted by atomic mass is 16.5. The molecule has 1 aliphatic heterocycles. The Bertz CT molecular complexity index is 313. The van der Waals surface area contributed by atoms with E-state index in [1.807, 2.05) is 6.92 Å². The number of H-pyrrole nitrogens is 1. The van der Waals surface area contributed by atoms with Crippen LogP contribution in [0.2, 0.25) is 0 Å². The van der Waals surface area contributed by atoms with E-state index in [0.29, 0.717) is 18.7 Å². The number of hydrogen-bond acceptors (Lipinski definition) is 5. The molecule has 1 aromatic rings. The van der Waals surface area contributed by atoms with Crippen molar-refractivity contribution < 1.29 is 4.74 Å². The van der Waals surface area contributed by atoms with Gasteiger partial charge >= 0.3 is 6.01 Å². The van der Waals surface area contributed by atoms with Crippen molar-refractivity contribution in [1.29, 1.82) is 0 Å². The van der Waals surface area contributed by atoms with Crippen LogP contribution in [0.5, 0.6) is 6.01 Å². The summed E-state index contributed by atoms with van der Waals surface area (Å²) in [4.78, 5) is 6.44.